The second-order valence-electron chi connectivity index (χ2n) is 3.50. The molecule has 2 N–H and O–H groups in total. The molecule has 0 atom stereocenters. The van der Waals surface area contributed by atoms with E-state index in [0.29, 0.717) is 0 Å². The van der Waals surface area contributed by atoms with Gasteiger partial charge in [0.15, 0.2) is 0 Å². The van der Waals surface area contributed by atoms with Crippen LogP contribution in [0.5, 0.6) is 0 Å². The molecule has 0 radical (unpaired) electrons. The fourth-order valence-electron chi connectivity index (χ4n) is 1.16. The summed E-state index contributed by atoms with van der Waals surface area (Å²) in [6.45, 7) is 0. The van der Waals surface area contributed by atoms with Crippen molar-refractivity contribution in [3.63, 3.8) is 0 Å². The minimum absolute atomic E-state index is 0.183. The Morgan fingerprint density at radius 3 is 2.87 bits per heavy atom. The van der Waals surface area contributed by atoms with E-state index in [1.165, 1.54) is 12.1 Å². The van der Waals surface area contributed by atoms with Crippen LogP contribution in [0.15, 0.2) is 22.7 Å². The molecular formula is C10H10BrFN2O. The molecule has 0 aromatic heterocycles. The van der Waals surface area contributed by atoms with Gasteiger partial charge < -0.3 is 10.6 Å². The maximum absolute atomic E-state index is 13.2. The number of halogens is 2. The number of urea groups is 1. The lowest BCUT2D eigenvalue weighted by molar-refractivity contribution is 0.251. The highest BCUT2D eigenvalue weighted by Gasteiger charge is 2.23. The third-order valence-corrected chi connectivity index (χ3v) is 2.58. The largest absolute Gasteiger partial charge is 0.335 e. The summed E-state index contributed by atoms with van der Waals surface area (Å²) in [6, 6.07) is 4.33. The van der Waals surface area contributed by atoms with E-state index in [1.807, 2.05) is 0 Å². The van der Waals surface area contributed by atoms with Gasteiger partial charge in [-0.1, -0.05) is 15.9 Å². The number of carbonyl (C=O) groups is 1. The maximum atomic E-state index is 13.2. The molecule has 1 aliphatic rings. The molecule has 15 heavy (non-hydrogen) atoms. The van der Waals surface area contributed by atoms with Crippen LogP contribution in [-0.2, 0) is 0 Å². The second kappa shape index (κ2) is 4.18. The number of hydrogen-bond donors (Lipinski definition) is 2. The molecule has 0 aliphatic heterocycles. The van der Waals surface area contributed by atoms with E-state index in [2.05, 4.69) is 26.6 Å². The second-order valence-corrected chi connectivity index (χ2v) is 4.41. The number of benzene rings is 1. The highest BCUT2D eigenvalue weighted by molar-refractivity contribution is 9.10. The van der Waals surface area contributed by atoms with Crippen molar-refractivity contribution in [2.75, 3.05) is 5.32 Å². The van der Waals surface area contributed by atoms with Crippen LogP contribution in [0.4, 0.5) is 14.9 Å². The average Bonchev–Trinajstić information content (AvgIpc) is 2.95. The van der Waals surface area contributed by atoms with Gasteiger partial charge in [0.1, 0.15) is 5.82 Å². The highest BCUT2D eigenvalue weighted by atomic mass is 79.9. The Morgan fingerprint density at radius 2 is 2.20 bits per heavy atom. The normalized spacial score (nSPS) is 14.8. The Bertz CT molecular complexity index is 393. The van der Waals surface area contributed by atoms with Crippen LogP contribution in [-0.4, -0.2) is 12.1 Å². The molecule has 0 saturated heterocycles. The summed E-state index contributed by atoms with van der Waals surface area (Å²) in [6.07, 6.45) is 2.02. The number of anilines is 1. The van der Waals surface area contributed by atoms with E-state index in [9.17, 15) is 9.18 Å². The molecule has 2 rings (SSSR count). The van der Waals surface area contributed by atoms with Gasteiger partial charge in [0.25, 0.3) is 0 Å². The van der Waals surface area contributed by atoms with Crippen molar-refractivity contribution in [2.45, 2.75) is 18.9 Å². The van der Waals surface area contributed by atoms with E-state index in [0.717, 1.165) is 17.3 Å². The molecule has 1 aliphatic carbocycles. The van der Waals surface area contributed by atoms with Gasteiger partial charge in [-0.05, 0) is 31.0 Å². The zero-order valence-electron chi connectivity index (χ0n) is 7.89. The molecule has 3 nitrogen and oxygen atoms in total. The van der Waals surface area contributed by atoms with Gasteiger partial charge in [-0.3, -0.25) is 0 Å². The van der Waals surface area contributed by atoms with Crippen LogP contribution in [0.1, 0.15) is 12.8 Å². The van der Waals surface area contributed by atoms with Crippen molar-refractivity contribution in [3.05, 3.63) is 28.5 Å². The van der Waals surface area contributed by atoms with Crippen LogP contribution < -0.4 is 10.6 Å². The van der Waals surface area contributed by atoms with Gasteiger partial charge in [0.2, 0.25) is 0 Å². The van der Waals surface area contributed by atoms with Crippen LogP contribution in [0.2, 0.25) is 0 Å². The lowest BCUT2D eigenvalue weighted by atomic mass is 10.3. The van der Waals surface area contributed by atoms with Crippen LogP contribution in [0, 0.1) is 5.82 Å². The quantitative estimate of drug-likeness (QED) is 0.854. The SMILES string of the molecule is O=C(Nc1cc(Br)ccc1F)NC1CC1. The van der Waals surface area contributed by atoms with Crippen LogP contribution >= 0.6 is 15.9 Å². The lowest BCUT2D eigenvalue weighted by Crippen LogP contribution is -2.30. The molecule has 1 fully saturated rings. The standard InChI is InChI=1S/C10H10BrFN2O/c11-6-1-4-8(12)9(5-6)14-10(15)13-7-2-3-7/h1,4-5,7H,2-3H2,(H2,13,14,15). The highest BCUT2D eigenvalue weighted by Crippen LogP contribution is 2.21. The Balaban J connectivity index is 2.01. The molecule has 80 valence electrons. The summed E-state index contributed by atoms with van der Waals surface area (Å²) in [5, 5.41) is 5.18. The molecule has 2 amide bonds. The summed E-state index contributed by atoms with van der Waals surface area (Å²) in [5.41, 5.74) is 0.183. The summed E-state index contributed by atoms with van der Waals surface area (Å²) in [5.74, 6) is -0.441. The van der Waals surface area contributed by atoms with Gasteiger partial charge in [-0.15, -0.1) is 0 Å². The Hall–Kier alpha value is -1.10. The average molecular weight is 273 g/mol. The minimum Gasteiger partial charge on any atom is -0.335 e. The van der Waals surface area contributed by atoms with Crippen molar-refractivity contribution < 1.29 is 9.18 Å². The first-order valence-electron chi connectivity index (χ1n) is 4.68. The first kappa shape index (κ1) is 10.4. The van der Waals surface area contributed by atoms with Crippen molar-refractivity contribution in [2.24, 2.45) is 0 Å². The molecule has 0 unspecified atom stereocenters. The minimum atomic E-state index is -0.441. The van der Waals surface area contributed by atoms with Gasteiger partial charge in [-0.25, -0.2) is 9.18 Å². The van der Waals surface area contributed by atoms with Crippen molar-refractivity contribution in [3.8, 4) is 0 Å². The predicted molar refractivity (Wildman–Crippen MR) is 59.3 cm³/mol. The Labute approximate surface area is 95.2 Å². The zero-order valence-corrected chi connectivity index (χ0v) is 9.47. The van der Waals surface area contributed by atoms with E-state index >= 15 is 0 Å². The van der Waals surface area contributed by atoms with Crippen LogP contribution in [0.3, 0.4) is 0 Å². The summed E-state index contributed by atoms with van der Waals surface area (Å²) in [7, 11) is 0. The van der Waals surface area contributed by atoms with Gasteiger partial charge in [0.05, 0.1) is 5.69 Å². The van der Waals surface area contributed by atoms with Crippen molar-refractivity contribution in [1.29, 1.82) is 0 Å². The Kier molecular flexibility index (Phi) is 2.90. The van der Waals surface area contributed by atoms with Crippen molar-refractivity contribution >= 4 is 27.6 Å². The van der Waals surface area contributed by atoms with E-state index < -0.39 is 5.82 Å². The lowest BCUT2D eigenvalue weighted by Gasteiger charge is -2.07. The predicted octanol–water partition coefficient (Wildman–Crippen LogP) is 2.87. The molecule has 0 bridgehead atoms. The fraction of sp³-hybridized carbons (Fsp3) is 0.300. The summed E-state index contributed by atoms with van der Waals surface area (Å²) in [4.78, 5) is 11.3. The number of hydrogen-bond acceptors (Lipinski definition) is 1. The zero-order chi connectivity index (χ0) is 10.8. The van der Waals surface area contributed by atoms with Gasteiger partial charge in [-0.2, -0.15) is 0 Å². The van der Waals surface area contributed by atoms with Gasteiger partial charge >= 0.3 is 6.03 Å². The molecular weight excluding hydrogens is 263 g/mol. The fourth-order valence-corrected chi connectivity index (χ4v) is 1.53. The number of carbonyl (C=O) groups excluding carboxylic acids is 1. The molecule has 5 heteroatoms. The first-order valence-corrected chi connectivity index (χ1v) is 5.47. The van der Waals surface area contributed by atoms with Crippen molar-refractivity contribution in [1.82, 2.24) is 5.32 Å². The van der Waals surface area contributed by atoms with Gasteiger partial charge in [0, 0.05) is 10.5 Å². The van der Waals surface area contributed by atoms with E-state index in [1.54, 1.807) is 6.07 Å². The van der Waals surface area contributed by atoms with E-state index in [-0.39, 0.29) is 17.8 Å². The number of amides is 2. The summed E-state index contributed by atoms with van der Waals surface area (Å²) >= 11 is 3.21. The third-order valence-electron chi connectivity index (χ3n) is 2.09. The third kappa shape index (κ3) is 2.92. The maximum Gasteiger partial charge on any atom is 0.319 e. The topological polar surface area (TPSA) is 41.1 Å². The molecule has 0 heterocycles. The molecule has 1 aromatic rings. The number of nitrogens with one attached hydrogen (secondary N) is 2. The summed E-state index contributed by atoms with van der Waals surface area (Å²) < 4.78 is 13.9. The Morgan fingerprint density at radius 1 is 1.47 bits per heavy atom. The number of rotatable bonds is 2. The molecule has 1 aromatic carbocycles. The van der Waals surface area contributed by atoms with Crippen LogP contribution in [0.25, 0.3) is 0 Å². The monoisotopic (exact) mass is 272 g/mol. The smallest absolute Gasteiger partial charge is 0.319 e. The molecule has 0 spiro atoms. The molecule has 1 saturated carbocycles. The first-order chi connectivity index (χ1) is 7.15. The van der Waals surface area contributed by atoms with E-state index in [4.69, 9.17) is 0 Å².